The second kappa shape index (κ2) is 2.20. The van der Waals surface area contributed by atoms with Crippen LogP contribution in [0.3, 0.4) is 0 Å². The van der Waals surface area contributed by atoms with Crippen molar-refractivity contribution in [1.29, 1.82) is 0 Å². The number of hydrogen-bond acceptors (Lipinski definition) is 3. The van der Waals surface area contributed by atoms with Crippen molar-refractivity contribution in [3.05, 3.63) is 35.4 Å². The number of nitrogens with zero attached hydrogens (tertiary/aromatic N) is 1. The summed E-state index contributed by atoms with van der Waals surface area (Å²) < 4.78 is 0. The molecular weight excluding hydrogens is 140 g/mol. The van der Waals surface area contributed by atoms with Crippen LogP contribution in [0.4, 0.5) is 0 Å². The molecule has 0 amide bonds. The van der Waals surface area contributed by atoms with Gasteiger partial charge in [-0.3, -0.25) is 10.2 Å². The van der Waals surface area contributed by atoms with Crippen molar-refractivity contribution in [1.82, 2.24) is 5.43 Å². The Bertz CT molecular complexity index is 331. The molecule has 1 aromatic carbocycles. The molecule has 1 aliphatic heterocycles. The van der Waals surface area contributed by atoms with E-state index in [1.165, 1.54) is 0 Å². The minimum atomic E-state index is 0.677. The summed E-state index contributed by atoms with van der Waals surface area (Å²) in [7, 11) is 0. The summed E-state index contributed by atoms with van der Waals surface area (Å²) in [6.07, 6.45) is 0.831. The van der Waals surface area contributed by atoms with Crippen LogP contribution in [0, 0.1) is 0 Å². The van der Waals surface area contributed by atoms with Crippen LogP contribution >= 0.6 is 0 Å². The van der Waals surface area contributed by atoms with Crippen molar-refractivity contribution < 1.29 is 4.79 Å². The Labute approximate surface area is 63.7 Å². The molecule has 0 aromatic heterocycles. The van der Waals surface area contributed by atoms with E-state index in [1.807, 2.05) is 18.2 Å². The number of hydrogen-bond donors (Lipinski definition) is 1. The van der Waals surface area contributed by atoms with Gasteiger partial charge in [0.25, 0.3) is 0 Å². The van der Waals surface area contributed by atoms with Crippen LogP contribution < -0.4 is 5.43 Å². The molecule has 1 N–H and O–H groups in total. The molecule has 0 atom stereocenters. The lowest BCUT2D eigenvalue weighted by atomic mass is 10.1. The minimum Gasteiger partial charge on any atom is -0.298 e. The molecule has 11 heavy (non-hydrogen) atoms. The zero-order chi connectivity index (χ0) is 7.68. The molecule has 0 aliphatic carbocycles. The van der Waals surface area contributed by atoms with Gasteiger partial charge in [0.15, 0.2) is 12.1 Å². The zero-order valence-corrected chi connectivity index (χ0v) is 5.74. The van der Waals surface area contributed by atoms with Gasteiger partial charge in [-0.25, -0.2) is 0 Å². The third-order valence-corrected chi connectivity index (χ3v) is 1.57. The summed E-state index contributed by atoms with van der Waals surface area (Å²) in [5.41, 5.74) is 4.26. The van der Waals surface area contributed by atoms with Crippen molar-refractivity contribution >= 4 is 12.1 Å². The topological polar surface area (TPSA) is 51.4 Å². The van der Waals surface area contributed by atoms with Crippen LogP contribution in [0.1, 0.15) is 15.9 Å². The lowest BCUT2D eigenvalue weighted by Gasteiger charge is -1.93. The lowest BCUT2D eigenvalue weighted by Crippen LogP contribution is -1.99. The number of carbonyl (C=O) groups excluding carboxylic acids is 1. The fraction of sp³-hybridized carbons (Fsp3) is 0. The molecule has 1 heterocycles. The molecular formula is C8H6N2O. The number of nitrogens with one attached hydrogen (secondary N) is 1. The molecule has 0 saturated carbocycles. The molecule has 0 fully saturated rings. The highest BCUT2D eigenvalue weighted by molar-refractivity contribution is 6.09. The van der Waals surface area contributed by atoms with Gasteiger partial charge in [-0.15, -0.1) is 0 Å². The van der Waals surface area contributed by atoms with Gasteiger partial charge < -0.3 is 0 Å². The summed E-state index contributed by atoms with van der Waals surface area (Å²) in [5.74, 6) is 0.799. The average Bonchev–Trinajstić information content (AvgIpc) is 2.87. The molecule has 3 nitrogen and oxygen atoms in total. The van der Waals surface area contributed by atoms with Crippen molar-refractivity contribution in [3.63, 3.8) is 0 Å². The molecule has 0 unspecified atom stereocenters. The lowest BCUT2D eigenvalue weighted by molar-refractivity contribution is 0.112. The number of rotatable bonds is 2. The molecule has 0 radical (unpaired) electrons. The Morgan fingerprint density at radius 3 is 2.73 bits per heavy atom. The van der Waals surface area contributed by atoms with E-state index in [-0.39, 0.29) is 0 Å². The summed E-state index contributed by atoms with van der Waals surface area (Å²) in [6.45, 7) is 0. The minimum absolute atomic E-state index is 0.677. The summed E-state index contributed by atoms with van der Waals surface area (Å²) in [6, 6.07) is 7.34. The molecule has 0 bridgehead atoms. The van der Waals surface area contributed by atoms with Gasteiger partial charge in [0.05, 0.1) is 0 Å². The maximum absolute atomic E-state index is 10.5. The third kappa shape index (κ3) is 1.00. The highest BCUT2D eigenvalue weighted by Gasteiger charge is 2.14. The Balaban J connectivity index is 2.51. The van der Waals surface area contributed by atoms with E-state index in [0.717, 1.165) is 17.7 Å². The van der Waals surface area contributed by atoms with Crippen LogP contribution in [0.2, 0.25) is 0 Å². The Morgan fingerprint density at radius 2 is 2.09 bits per heavy atom. The van der Waals surface area contributed by atoms with Crippen molar-refractivity contribution in [2.75, 3.05) is 0 Å². The summed E-state index contributed by atoms with van der Waals surface area (Å²) in [5, 5.41) is 3.79. The van der Waals surface area contributed by atoms with Gasteiger partial charge in [0, 0.05) is 11.1 Å². The van der Waals surface area contributed by atoms with Crippen LogP contribution in [-0.2, 0) is 0 Å². The van der Waals surface area contributed by atoms with Crippen LogP contribution in [-0.4, -0.2) is 12.1 Å². The van der Waals surface area contributed by atoms with Gasteiger partial charge in [0.2, 0.25) is 0 Å². The van der Waals surface area contributed by atoms with Crippen LogP contribution in [0.25, 0.3) is 0 Å². The SMILES string of the molecule is O=Cc1ccccc1C1=NN1. The van der Waals surface area contributed by atoms with Crippen molar-refractivity contribution in [3.8, 4) is 0 Å². The molecule has 0 saturated heterocycles. The maximum atomic E-state index is 10.5. The first-order valence-electron chi connectivity index (χ1n) is 3.30. The Morgan fingerprint density at radius 1 is 1.36 bits per heavy atom. The second-order valence-corrected chi connectivity index (χ2v) is 2.28. The third-order valence-electron chi connectivity index (χ3n) is 1.57. The molecule has 2 rings (SSSR count). The van der Waals surface area contributed by atoms with E-state index in [1.54, 1.807) is 6.07 Å². The summed E-state index contributed by atoms with van der Waals surface area (Å²) in [4.78, 5) is 10.5. The molecule has 54 valence electrons. The van der Waals surface area contributed by atoms with Crippen LogP contribution in [0.15, 0.2) is 29.4 Å². The highest BCUT2D eigenvalue weighted by Crippen LogP contribution is 2.10. The number of hydrazone groups is 1. The van der Waals surface area contributed by atoms with E-state index in [0.29, 0.717) is 5.56 Å². The van der Waals surface area contributed by atoms with Crippen molar-refractivity contribution in [2.45, 2.75) is 0 Å². The van der Waals surface area contributed by atoms with E-state index >= 15 is 0 Å². The standard InChI is InChI=1S/C8H6N2O/c11-5-6-3-1-2-4-7(6)8-9-10-8/h1-5H,(H,9,10). The van der Waals surface area contributed by atoms with E-state index in [2.05, 4.69) is 10.5 Å². The van der Waals surface area contributed by atoms with E-state index in [9.17, 15) is 4.79 Å². The van der Waals surface area contributed by atoms with Gasteiger partial charge >= 0.3 is 0 Å². The second-order valence-electron chi connectivity index (χ2n) is 2.28. The first kappa shape index (κ1) is 6.09. The van der Waals surface area contributed by atoms with Crippen LogP contribution in [0.5, 0.6) is 0 Å². The number of amidine groups is 1. The largest absolute Gasteiger partial charge is 0.298 e. The first-order chi connectivity index (χ1) is 5.42. The number of aldehydes is 1. The predicted molar refractivity (Wildman–Crippen MR) is 41.5 cm³/mol. The smallest absolute Gasteiger partial charge is 0.174 e. The Kier molecular flexibility index (Phi) is 1.22. The van der Waals surface area contributed by atoms with Gasteiger partial charge in [-0.2, -0.15) is 5.10 Å². The van der Waals surface area contributed by atoms with E-state index < -0.39 is 0 Å². The van der Waals surface area contributed by atoms with Gasteiger partial charge in [0.1, 0.15) is 0 Å². The fourth-order valence-electron chi connectivity index (χ4n) is 0.964. The predicted octanol–water partition coefficient (Wildman–Crippen LogP) is 0.764. The Hall–Kier alpha value is -1.64. The average molecular weight is 146 g/mol. The molecule has 1 aromatic rings. The van der Waals surface area contributed by atoms with Gasteiger partial charge in [-0.05, 0) is 0 Å². The molecule has 0 spiro atoms. The monoisotopic (exact) mass is 146 g/mol. The van der Waals surface area contributed by atoms with E-state index in [4.69, 9.17) is 0 Å². The molecule has 3 heteroatoms. The highest BCUT2D eigenvalue weighted by atomic mass is 16.1. The normalized spacial score (nSPS) is 13.3. The quantitative estimate of drug-likeness (QED) is 0.626. The maximum Gasteiger partial charge on any atom is 0.174 e. The number of carbonyl (C=O) groups is 1. The molecule has 1 aliphatic rings. The van der Waals surface area contributed by atoms with Gasteiger partial charge in [-0.1, -0.05) is 24.3 Å². The summed E-state index contributed by atoms with van der Waals surface area (Å²) >= 11 is 0. The number of benzene rings is 1. The zero-order valence-electron chi connectivity index (χ0n) is 5.74. The first-order valence-corrected chi connectivity index (χ1v) is 3.30. The fourth-order valence-corrected chi connectivity index (χ4v) is 0.964. The van der Waals surface area contributed by atoms with Crippen molar-refractivity contribution in [2.24, 2.45) is 5.10 Å².